The summed E-state index contributed by atoms with van der Waals surface area (Å²) in [7, 11) is 0. The number of hydrogen-bond acceptors (Lipinski definition) is 3. The van der Waals surface area contributed by atoms with Gasteiger partial charge in [0.05, 0.1) is 17.2 Å². The lowest BCUT2D eigenvalue weighted by atomic mass is 9.77. The Kier molecular flexibility index (Phi) is 6.88. The van der Waals surface area contributed by atoms with Gasteiger partial charge in [-0.05, 0) is 61.9 Å². The van der Waals surface area contributed by atoms with Crippen LogP contribution in [-0.2, 0) is 6.54 Å². The molecular weight excluding hydrogens is 408 g/mol. The molecule has 5 heteroatoms. The van der Waals surface area contributed by atoms with Crippen LogP contribution in [0.15, 0.2) is 48.5 Å². The van der Waals surface area contributed by atoms with Crippen molar-refractivity contribution in [1.29, 1.82) is 0 Å². The molecule has 0 atom stereocenters. The first-order valence-corrected chi connectivity index (χ1v) is 11.8. The third-order valence-corrected chi connectivity index (χ3v) is 7.01. The minimum atomic E-state index is 0.0705. The third kappa shape index (κ3) is 5.24. The number of ether oxygens (including phenoxy) is 1. The zero-order valence-corrected chi connectivity index (χ0v) is 19.4. The molecule has 2 aliphatic rings. The molecule has 0 saturated carbocycles. The van der Waals surface area contributed by atoms with Crippen molar-refractivity contribution in [2.45, 2.75) is 39.7 Å². The van der Waals surface area contributed by atoms with Gasteiger partial charge in [0.15, 0.2) is 0 Å². The number of carbonyl (C=O) groups is 1. The summed E-state index contributed by atoms with van der Waals surface area (Å²) in [6, 6.07) is 15.8. The van der Waals surface area contributed by atoms with E-state index in [0.29, 0.717) is 16.5 Å². The second-order valence-electron chi connectivity index (χ2n) is 9.55. The van der Waals surface area contributed by atoms with Gasteiger partial charge >= 0.3 is 0 Å². The monoisotopic (exact) mass is 440 g/mol. The lowest BCUT2D eigenvalue weighted by molar-refractivity contribution is 0.0712. The highest BCUT2D eigenvalue weighted by atomic mass is 35.5. The maximum atomic E-state index is 13.0. The third-order valence-electron chi connectivity index (χ3n) is 6.69. The molecule has 0 aromatic heterocycles. The summed E-state index contributed by atoms with van der Waals surface area (Å²) in [4.78, 5) is 17.5. The molecule has 0 radical (unpaired) electrons. The van der Waals surface area contributed by atoms with Crippen molar-refractivity contribution in [1.82, 2.24) is 9.80 Å². The maximum absolute atomic E-state index is 13.0. The number of piperidine rings is 1. The molecule has 2 saturated heterocycles. The summed E-state index contributed by atoms with van der Waals surface area (Å²) in [5.74, 6) is 1.59. The molecule has 2 aromatic carbocycles. The average molecular weight is 441 g/mol. The van der Waals surface area contributed by atoms with Crippen LogP contribution in [-0.4, -0.2) is 48.5 Å². The van der Waals surface area contributed by atoms with Gasteiger partial charge in [0.25, 0.3) is 5.91 Å². The molecular formula is C26H33ClN2O2. The smallest absolute Gasteiger partial charge is 0.255 e. The zero-order chi connectivity index (χ0) is 21.8. The summed E-state index contributed by atoms with van der Waals surface area (Å²) in [6.07, 6.45) is 3.35. The number of rotatable bonds is 6. The van der Waals surface area contributed by atoms with Crippen LogP contribution in [0, 0.1) is 11.3 Å². The number of amides is 1. The summed E-state index contributed by atoms with van der Waals surface area (Å²) in [5, 5.41) is 0.543. The Balaban J connectivity index is 1.33. The van der Waals surface area contributed by atoms with E-state index in [1.807, 2.05) is 29.2 Å². The molecule has 2 heterocycles. The van der Waals surface area contributed by atoms with E-state index in [1.54, 1.807) is 6.07 Å². The summed E-state index contributed by atoms with van der Waals surface area (Å²) in [5.41, 5.74) is 2.14. The Labute approximate surface area is 191 Å². The first-order valence-electron chi connectivity index (χ1n) is 11.4. The first-order chi connectivity index (χ1) is 15.0. The molecule has 4 rings (SSSR count). The number of para-hydroxylation sites is 1. The highest BCUT2D eigenvalue weighted by molar-refractivity contribution is 6.33. The van der Waals surface area contributed by atoms with Crippen LogP contribution < -0.4 is 4.74 Å². The fourth-order valence-electron chi connectivity index (χ4n) is 4.78. The van der Waals surface area contributed by atoms with Gasteiger partial charge in [0.2, 0.25) is 0 Å². The molecule has 2 fully saturated rings. The van der Waals surface area contributed by atoms with Crippen molar-refractivity contribution in [3.63, 3.8) is 0 Å². The molecule has 2 aromatic rings. The van der Waals surface area contributed by atoms with Gasteiger partial charge in [-0.2, -0.15) is 0 Å². The van der Waals surface area contributed by atoms with Crippen LogP contribution in [0.2, 0.25) is 5.02 Å². The number of hydrogen-bond donors (Lipinski definition) is 0. The van der Waals surface area contributed by atoms with Crippen LogP contribution in [0.3, 0.4) is 0 Å². The Morgan fingerprint density at radius 2 is 1.71 bits per heavy atom. The number of halogens is 1. The summed E-state index contributed by atoms with van der Waals surface area (Å²) in [6.45, 7) is 9.82. The molecule has 4 nitrogen and oxygen atoms in total. The van der Waals surface area contributed by atoms with Crippen LogP contribution in [0.25, 0.3) is 0 Å². The highest BCUT2D eigenvalue weighted by Crippen LogP contribution is 2.41. The van der Waals surface area contributed by atoms with E-state index in [9.17, 15) is 4.79 Å². The molecule has 166 valence electrons. The largest absolute Gasteiger partial charge is 0.493 e. The van der Waals surface area contributed by atoms with Crippen molar-refractivity contribution in [2.24, 2.45) is 11.3 Å². The van der Waals surface area contributed by atoms with Gasteiger partial charge in [-0.1, -0.05) is 55.8 Å². The lowest BCUT2D eigenvalue weighted by Crippen LogP contribution is -2.42. The normalized spacial score (nSPS) is 18.6. The van der Waals surface area contributed by atoms with Crippen molar-refractivity contribution in [2.75, 3.05) is 32.8 Å². The topological polar surface area (TPSA) is 32.8 Å². The highest BCUT2D eigenvalue weighted by Gasteiger charge is 2.42. The van der Waals surface area contributed by atoms with Crippen molar-refractivity contribution in [3.8, 4) is 5.75 Å². The van der Waals surface area contributed by atoms with Gasteiger partial charge in [-0.3, -0.25) is 9.69 Å². The minimum absolute atomic E-state index is 0.0705. The first kappa shape index (κ1) is 22.2. The fourth-order valence-corrected chi connectivity index (χ4v) is 5.00. The lowest BCUT2D eigenvalue weighted by Gasteiger charge is -2.39. The molecule has 1 amide bonds. The second kappa shape index (κ2) is 9.62. The average Bonchev–Trinajstić information content (AvgIpc) is 3.18. The second-order valence-corrected chi connectivity index (χ2v) is 9.95. The molecule has 0 aliphatic carbocycles. The standard InChI is InChI=1S/C26H33ClN2O2/c1-20(2)18-31-24-10-6-3-7-21(24)17-28-14-11-26(12-15-28)13-16-29(19-26)25(30)22-8-4-5-9-23(22)27/h3-10,20H,11-19H2,1-2H3. The Morgan fingerprint density at radius 3 is 2.45 bits per heavy atom. The van der Waals surface area contributed by atoms with Crippen molar-refractivity contribution >= 4 is 17.5 Å². The van der Waals surface area contributed by atoms with Gasteiger partial charge in [-0.25, -0.2) is 0 Å². The Hall–Kier alpha value is -2.04. The molecule has 2 aliphatic heterocycles. The van der Waals surface area contributed by atoms with Gasteiger partial charge in [0, 0.05) is 25.2 Å². The van der Waals surface area contributed by atoms with Crippen LogP contribution in [0.1, 0.15) is 49.0 Å². The molecule has 0 unspecified atom stereocenters. The molecule has 31 heavy (non-hydrogen) atoms. The summed E-state index contributed by atoms with van der Waals surface area (Å²) < 4.78 is 6.04. The van der Waals surface area contributed by atoms with Crippen LogP contribution in [0.5, 0.6) is 5.75 Å². The van der Waals surface area contributed by atoms with Gasteiger partial charge in [-0.15, -0.1) is 0 Å². The van der Waals surface area contributed by atoms with E-state index in [4.69, 9.17) is 16.3 Å². The van der Waals surface area contributed by atoms with Crippen LogP contribution in [0.4, 0.5) is 0 Å². The predicted octanol–water partition coefficient (Wildman–Crippen LogP) is 5.50. The number of nitrogens with zero attached hydrogens (tertiary/aromatic N) is 2. The molecule has 0 N–H and O–H groups in total. The SMILES string of the molecule is CC(C)COc1ccccc1CN1CCC2(CC1)CCN(C(=O)c1ccccc1Cl)C2. The Morgan fingerprint density at radius 1 is 1.03 bits per heavy atom. The van der Waals surface area contributed by atoms with Crippen molar-refractivity contribution in [3.05, 3.63) is 64.7 Å². The molecule has 1 spiro atoms. The van der Waals surface area contributed by atoms with E-state index in [2.05, 4.69) is 36.9 Å². The van der Waals surface area contributed by atoms with E-state index in [1.165, 1.54) is 5.56 Å². The van der Waals surface area contributed by atoms with E-state index in [0.717, 1.165) is 64.3 Å². The number of benzene rings is 2. The Bertz CT molecular complexity index is 906. The van der Waals surface area contributed by atoms with Crippen LogP contribution >= 0.6 is 11.6 Å². The summed E-state index contributed by atoms with van der Waals surface area (Å²) >= 11 is 6.26. The van der Waals surface area contributed by atoms with E-state index in [-0.39, 0.29) is 11.3 Å². The van der Waals surface area contributed by atoms with E-state index < -0.39 is 0 Å². The molecule has 0 bridgehead atoms. The van der Waals surface area contributed by atoms with Crippen molar-refractivity contribution < 1.29 is 9.53 Å². The predicted molar refractivity (Wildman–Crippen MR) is 126 cm³/mol. The quantitative estimate of drug-likeness (QED) is 0.594. The number of likely N-dealkylation sites (tertiary alicyclic amines) is 2. The van der Waals surface area contributed by atoms with E-state index >= 15 is 0 Å². The number of carbonyl (C=O) groups excluding carboxylic acids is 1. The fraction of sp³-hybridized carbons (Fsp3) is 0.500. The zero-order valence-electron chi connectivity index (χ0n) is 18.6. The van der Waals surface area contributed by atoms with Gasteiger partial charge in [0.1, 0.15) is 5.75 Å². The van der Waals surface area contributed by atoms with Gasteiger partial charge < -0.3 is 9.64 Å². The minimum Gasteiger partial charge on any atom is -0.493 e. The maximum Gasteiger partial charge on any atom is 0.255 e.